The Hall–Kier alpha value is -2.00. The molecule has 0 aromatic carbocycles. The van der Waals surface area contributed by atoms with Gasteiger partial charge in [-0.05, 0) is 19.4 Å². The lowest BCUT2D eigenvalue weighted by atomic mass is 9.96. The molecule has 0 radical (unpaired) electrons. The van der Waals surface area contributed by atoms with Crippen LogP contribution in [0.3, 0.4) is 0 Å². The molecule has 0 aromatic rings. The summed E-state index contributed by atoms with van der Waals surface area (Å²) in [5.41, 5.74) is -0.410. The van der Waals surface area contributed by atoms with Gasteiger partial charge in [-0.2, -0.15) is 0 Å². The molecule has 2 N–H and O–H groups in total. The lowest BCUT2D eigenvalue weighted by molar-refractivity contribution is -0.102. The number of carbonyl (C=O) groups excluding carboxylic acids is 1. The Morgan fingerprint density at radius 1 is 1.55 bits per heavy atom. The molecule has 2 aliphatic rings. The topological polar surface area (TPSA) is 80.2 Å². The van der Waals surface area contributed by atoms with Crippen LogP contribution in [-0.2, 0) is 9.47 Å². The summed E-state index contributed by atoms with van der Waals surface area (Å²) in [5, 5.41) is 14.8. The monoisotopic (exact) mass is 278 g/mol. The second-order valence-corrected chi connectivity index (χ2v) is 4.86. The van der Waals surface area contributed by atoms with Crippen LogP contribution < -0.4 is 5.32 Å². The number of ether oxygens (including phenoxy) is 2. The van der Waals surface area contributed by atoms with E-state index in [0.717, 1.165) is 25.7 Å². The standard InChI is InChI=1S/C14H18N2O4/c1-3-4-5-6-7-8-14(2)11(16-18)9-10-12(20-14)19-13(17)15-10/h9,12,18H,3-6H2,1-2H3,(H,15,17). The van der Waals surface area contributed by atoms with E-state index in [1.54, 1.807) is 6.92 Å². The van der Waals surface area contributed by atoms with Gasteiger partial charge in [-0.1, -0.05) is 36.8 Å². The van der Waals surface area contributed by atoms with Crippen molar-refractivity contribution in [3.05, 3.63) is 11.8 Å². The molecule has 0 saturated carbocycles. The highest BCUT2D eigenvalue weighted by Crippen LogP contribution is 2.28. The molecule has 6 nitrogen and oxygen atoms in total. The molecule has 0 aromatic heterocycles. The van der Waals surface area contributed by atoms with Crippen LogP contribution in [-0.4, -0.2) is 28.9 Å². The zero-order chi connectivity index (χ0) is 14.6. The Kier molecular flexibility index (Phi) is 4.30. The number of rotatable bonds is 3. The summed E-state index contributed by atoms with van der Waals surface area (Å²) in [6.45, 7) is 3.82. The molecule has 0 bridgehead atoms. The zero-order valence-electron chi connectivity index (χ0n) is 11.6. The van der Waals surface area contributed by atoms with Gasteiger partial charge in [-0.3, -0.25) is 5.32 Å². The van der Waals surface area contributed by atoms with Crippen molar-refractivity contribution in [3.8, 4) is 11.8 Å². The number of carbonyl (C=O) groups is 1. The van der Waals surface area contributed by atoms with Gasteiger partial charge in [0, 0.05) is 6.42 Å². The molecule has 108 valence electrons. The van der Waals surface area contributed by atoms with Crippen molar-refractivity contribution < 1.29 is 19.5 Å². The SMILES string of the molecule is CCCCCC#CC1(C)OC2OC(=O)NC2=CC1=NO. The quantitative estimate of drug-likeness (QED) is 0.359. The molecule has 2 rings (SSSR count). The lowest BCUT2D eigenvalue weighted by Crippen LogP contribution is -2.44. The first kappa shape index (κ1) is 14.4. The van der Waals surface area contributed by atoms with Crippen molar-refractivity contribution in [1.29, 1.82) is 0 Å². The van der Waals surface area contributed by atoms with Gasteiger partial charge in [-0.15, -0.1) is 0 Å². The number of unbranched alkanes of at least 4 members (excludes halogenated alkanes) is 3. The summed E-state index contributed by atoms with van der Waals surface area (Å²) in [6, 6.07) is 0. The fourth-order valence-electron chi connectivity index (χ4n) is 2.03. The highest BCUT2D eigenvalue weighted by Gasteiger charge is 2.44. The molecule has 1 amide bonds. The minimum atomic E-state index is -1.08. The first-order chi connectivity index (χ1) is 9.59. The molecule has 2 heterocycles. The molecule has 2 aliphatic heterocycles. The second kappa shape index (κ2) is 5.97. The smallest absolute Gasteiger partial charge is 0.413 e. The van der Waals surface area contributed by atoms with Gasteiger partial charge < -0.3 is 14.7 Å². The van der Waals surface area contributed by atoms with Gasteiger partial charge >= 0.3 is 6.09 Å². The van der Waals surface area contributed by atoms with Crippen LogP contribution in [0.25, 0.3) is 0 Å². The van der Waals surface area contributed by atoms with Crippen molar-refractivity contribution in [2.24, 2.45) is 5.16 Å². The van der Waals surface area contributed by atoms with E-state index < -0.39 is 18.0 Å². The minimum Gasteiger partial charge on any atom is -0.413 e. The lowest BCUT2D eigenvalue weighted by Gasteiger charge is -2.30. The predicted octanol–water partition coefficient (Wildman–Crippen LogP) is 2.14. The Bertz CT molecular complexity index is 515. The highest BCUT2D eigenvalue weighted by atomic mass is 16.7. The fourth-order valence-corrected chi connectivity index (χ4v) is 2.03. The second-order valence-electron chi connectivity index (χ2n) is 4.86. The number of amides is 1. The first-order valence-electron chi connectivity index (χ1n) is 6.68. The number of hydrogen-bond acceptors (Lipinski definition) is 5. The third-order valence-corrected chi connectivity index (χ3v) is 3.18. The van der Waals surface area contributed by atoms with Crippen LogP contribution in [0, 0.1) is 11.8 Å². The summed E-state index contributed by atoms with van der Waals surface area (Å²) in [4.78, 5) is 11.2. The van der Waals surface area contributed by atoms with Crippen LogP contribution in [0.1, 0.15) is 39.5 Å². The van der Waals surface area contributed by atoms with Gasteiger partial charge in [0.15, 0.2) is 5.60 Å². The summed E-state index contributed by atoms with van der Waals surface area (Å²) in [7, 11) is 0. The van der Waals surface area contributed by atoms with Gasteiger partial charge in [0.05, 0.1) is 5.70 Å². The normalized spacial score (nSPS) is 29.9. The largest absolute Gasteiger partial charge is 0.414 e. The number of hydrogen-bond donors (Lipinski definition) is 2. The third kappa shape index (κ3) is 2.94. The van der Waals surface area contributed by atoms with Crippen molar-refractivity contribution in [1.82, 2.24) is 5.32 Å². The molecular weight excluding hydrogens is 260 g/mol. The third-order valence-electron chi connectivity index (χ3n) is 3.18. The van der Waals surface area contributed by atoms with E-state index in [1.807, 2.05) is 0 Å². The Morgan fingerprint density at radius 2 is 2.35 bits per heavy atom. The molecule has 2 atom stereocenters. The van der Waals surface area contributed by atoms with Gasteiger partial charge in [-0.25, -0.2) is 4.79 Å². The summed E-state index contributed by atoms with van der Waals surface area (Å²) in [5.74, 6) is 5.99. The summed E-state index contributed by atoms with van der Waals surface area (Å²) >= 11 is 0. The maximum absolute atomic E-state index is 11.2. The van der Waals surface area contributed by atoms with Crippen molar-refractivity contribution >= 4 is 11.8 Å². The highest BCUT2D eigenvalue weighted by molar-refractivity contribution is 6.05. The van der Waals surface area contributed by atoms with E-state index in [2.05, 4.69) is 29.2 Å². The van der Waals surface area contributed by atoms with Crippen LogP contribution in [0.15, 0.2) is 16.9 Å². The number of alkyl carbamates (subject to hydrolysis) is 1. The van der Waals surface area contributed by atoms with E-state index in [9.17, 15) is 4.79 Å². The van der Waals surface area contributed by atoms with Crippen molar-refractivity contribution in [2.75, 3.05) is 0 Å². The van der Waals surface area contributed by atoms with Crippen LogP contribution in [0.4, 0.5) is 4.79 Å². The summed E-state index contributed by atoms with van der Waals surface area (Å²) < 4.78 is 10.6. The van der Waals surface area contributed by atoms with Crippen LogP contribution in [0.5, 0.6) is 0 Å². The average molecular weight is 278 g/mol. The van der Waals surface area contributed by atoms with Gasteiger partial charge in [0.25, 0.3) is 0 Å². The molecule has 20 heavy (non-hydrogen) atoms. The fraction of sp³-hybridized carbons (Fsp3) is 0.571. The van der Waals surface area contributed by atoms with Crippen LogP contribution in [0.2, 0.25) is 0 Å². The number of nitrogens with zero attached hydrogens (tertiary/aromatic N) is 1. The minimum absolute atomic E-state index is 0.248. The Morgan fingerprint density at radius 3 is 3.05 bits per heavy atom. The summed E-state index contributed by atoms with van der Waals surface area (Å²) in [6.07, 6.45) is 4.16. The molecule has 1 fully saturated rings. The van der Waals surface area contributed by atoms with Gasteiger partial charge in [0.2, 0.25) is 6.29 Å². The molecule has 0 spiro atoms. The number of oxime groups is 1. The van der Waals surface area contributed by atoms with E-state index in [1.165, 1.54) is 6.08 Å². The Balaban J connectivity index is 2.12. The van der Waals surface area contributed by atoms with E-state index in [0.29, 0.717) is 5.70 Å². The molecule has 2 unspecified atom stereocenters. The van der Waals surface area contributed by atoms with Gasteiger partial charge in [0.1, 0.15) is 5.71 Å². The number of fused-ring (bicyclic) bond motifs is 1. The zero-order valence-corrected chi connectivity index (χ0v) is 11.6. The average Bonchev–Trinajstić information content (AvgIpc) is 2.76. The van der Waals surface area contributed by atoms with E-state index in [-0.39, 0.29) is 5.71 Å². The molecule has 6 heteroatoms. The van der Waals surface area contributed by atoms with E-state index in [4.69, 9.17) is 14.7 Å². The predicted molar refractivity (Wildman–Crippen MR) is 72.1 cm³/mol. The van der Waals surface area contributed by atoms with Crippen molar-refractivity contribution in [2.45, 2.75) is 51.4 Å². The Labute approximate surface area is 117 Å². The van der Waals surface area contributed by atoms with Crippen LogP contribution >= 0.6 is 0 Å². The van der Waals surface area contributed by atoms with Crippen molar-refractivity contribution in [3.63, 3.8) is 0 Å². The van der Waals surface area contributed by atoms with E-state index >= 15 is 0 Å². The number of nitrogens with one attached hydrogen (secondary N) is 1. The maximum atomic E-state index is 11.2. The molecule has 0 aliphatic carbocycles. The molecule has 1 saturated heterocycles. The maximum Gasteiger partial charge on any atom is 0.414 e. The molecular formula is C14H18N2O4. The first-order valence-corrected chi connectivity index (χ1v) is 6.68.